The maximum atomic E-state index is 13.7. The molecule has 3 amide bonds. The van der Waals surface area contributed by atoms with Crippen molar-refractivity contribution in [2.24, 2.45) is 5.92 Å². The molecule has 0 aromatic heterocycles. The Morgan fingerprint density at radius 1 is 0.839 bits per heavy atom. The number of carbonyl (C=O) groups is 2. The summed E-state index contributed by atoms with van der Waals surface area (Å²) in [5, 5.41) is 5.22. The van der Waals surface area contributed by atoms with Crippen molar-refractivity contribution in [1.82, 2.24) is 4.90 Å². The highest BCUT2D eigenvalue weighted by atomic mass is 19.1. The molecule has 2 N–H and O–H groups in total. The molecule has 1 saturated heterocycles. The number of para-hydroxylation sites is 1. The van der Waals surface area contributed by atoms with Crippen LogP contribution in [0.3, 0.4) is 0 Å². The summed E-state index contributed by atoms with van der Waals surface area (Å²) in [7, 11) is 0. The molecule has 2 fully saturated rings. The van der Waals surface area contributed by atoms with Crippen molar-refractivity contribution >= 4 is 29.0 Å². The van der Waals surface area contributed by atoms with Gasteiger partial charge in [0.05, 0.1) is 5.69 Å². The summed E-state index contributed by atoms with van der Waals surface area (Å²) in [6.07, 6.45) is 5.69. The predicted molar refractivity (Wildman–Crippen MR) is 121 cm³/mol. The zero-order valence-corrected chi connectivity index (χ0v) is 17.6. The average Bonchev–Trinajstić information content (AvgIpc) is 2.81. The molecule has 1 saturated carbocycles. The van der Waals surface area contributed by atoms with E-state index in [1.54, 1.807) is 12.1 Å². The van der Waals surface area contributed by atoms with Gasteiger partial charge in [-0.25, -0.2) is 9.18 Å². The number of urea groups is 1. The van der Waals surface area contributed by atoms with Crippen molar-refractivity contribution < 1.29 is 14.0 Å². The van der Waals surface area contributed by atoms with Gasteiger partial charge in [-0.15, -0.1) is 0 Å². The first kappa shape index (κ1) is 21.2. The van der Waals surface area contributed by atoms with Crippen molar-refractivity contribution in [3.05, 3.63) is 54.3 Å². The van der Waals surface area contributed by atoms with Crippen LogP contribution in [0, 0.1) is 11.7 Å². The Balaban J connectivity index is 1.27. The molecule has 6 nitrogen and oxygen atoms in total. The quantitative estimate of drug-likeness (QED) is 0.748. The predicted octanol–water partition coefficient (Wildman–Crippen LogP) is 4.70. The van der Waals surface area contributed by atoms with E-state index in [0.717, 1.165) is 44.7 Å². The molecule has 4 rings (SSSR count). The Morgan fingerprint density at radius 3 is 2.19 bits per heavy atom. The molecule has 1 aliphatic heterocycles. The van der Waals surface area contributed by atoms with Crippen molar-refractivity contribution in [2.75, 3.05) is 41.7 Å². The molecule has 164 valence electrons. The van der Waals surface area contributed by atoms with Gasteiger partial charge in [0.2, 0.25) is 5.91 Å². The molecule has 7 heteroatoms. The maximum absolute atomic E-state index is 13.7. The number of nitrogens with one attached hydrogen (secondary N) is 2. The number of carbonyl (C=O) groups excluding carboxylic acids is 2. The van der Waals surface area contributed by atoms with Crippen LogP contribution < -0.4 is 15.5 Å². The first-order valence-electron chi connectivity index (χ1n) is 11.1. The molecule has 2 aliphatic rings. The van der Waals surface area contributed by atoms with Crippen molar-refractivity contribution in [2.45, 2.75) is 32.1 Å². The van der Waals surface area contributed by atoms with Crippen LogP contribution in [0.25, 0.3) is 0 Å². The van der Waals surface area contributed by atoms with E-state index in [-0.39, 0.29) is 11.6 Å². The number of halogens is 1. The molecule has 31 heavy (non-hydrogen) atoms. The van der Waals surface area contributed by atoms with E-state index in [9.17, 15) is 14.0 Å². The molecule has 1 heterocycles. The number of anilines is 3. The van der Waals surface area contributed by atoms with E-state index in [2.05, 4.69) is 15.5 Å². The van der Waals surface area contributed by atoms with E-state index < -0.39 is 11.8 Å². The Kier molecular flexibility index (Phi) is 6.70. The van der Waals surface area contributed by atoms with Gasteiger partial charge in [0.25, 0.3) is 0 Å². The van der Waals surface area contributed by atoms with E-state index in [0.29, 0.717) is 11.6 Å². The molecule has 0 bridgehead atoms. The molecule has 0 radical (unpaired) electrons. The number of hydrogen-bond donors (Lipinski definition) is 2. The molecule has 0 atom stereocenters. The summed E-state index contributed by atoms with van der Waals surface area (Å²) < 4.78 is 13.7. The smallest absolute Gasteiger partial charge is 0.323 e. The van der Waals surface area contributed by atoms with E-state index in [1.807, 2.05) is 29.2 Å². The van der Waals surface area contributed by atoms with Crippen molar-refractivity contribution in [1.29, 1.82) is 0 Å². The summed E-state index contributed by atoms with van der Waals surface area (Å²) >= 11 is 0. The second-order valence-electron chi connectivity index (χ2n) is 8.25. The third-order valence-electron chi connectivity index (χ3n) is 6.16. The second kappa shape index (κ2) is 9.81. The molecular weight excluding hydrogens is 395 g/mol. The zero-order valence-electron chi connectivity index (χ0n) is 17.6. The van der Waals surface area contributed by atoms with Gasteiger partial charge in [-0.1, -0.05) is 31.4 Å². The Hall–Kier alpha value is -3.09. The lowest BCUT2D eigenvalue weighted by molar-refractivity contribution is -0.136. The third kappa shape index (κ3) is 5.34. The normalized spacial score (nSPS) is 17.3. The first-order chi connectivity index (χ1) is 15.1. The minimum atomic E-state index is -0.493. The van der Waals surface area contributed by atoms with Gasteiger partial charge in [0.15, 0.2) is 0 Å². The number of nitrogens with zero attached hydrogens (tertiary/aromatic N) is 2. The highest BCUT2D eigenvalue weighted by Crippen LogP contribution is 2.26. The maximum Gasteiger partial charge on any atom is 0.323 e. The van der Waals surface area contributed by atoms with Crippen LogP contribution in [0.2, 0.25) is 0 Å². The van der Waals surface area contributed by atoms with Crippen LogP contribution >= 0.6 is 0 Å². The zero-order chi connectivity index (χ0) is 21.6. The lowest BCUT2D eigenvalue weighted by Crippen LogP contribution is -2.50. The molecule has 1 aliphatic carbocycles. The van der Waals surface area contributed by atoms with Crippen molar-refractivity contribution in [3.63, 3.8) is 0 Å². The molecule has 0 spiro atoms. The molecule has 0 unspecified atom stereocenters. The fourth-order valence-electron chi connectivity index (χ4n) is 4.40. The fourth-order valence-corrected chi connectivity index (χ4v) is 4.40. The number of piperazine rings is 1. The lowest BCUT2D eigenvalue weighted by atomic mass is 9.88. The summed E-state index contributed by atoms with van der Waals surface area (Å²) in [6, 6.07) is 13.1. The summed E-state index contributed by atoms with van der Waals surface area (Å²) in [6.45, 7) is 3.11. The van der Waals surface area contributed by atoms with Gasteiger partial charge < -0.3 is 20.4 Å². The van der Waals surface area contributed by atoms with Crippen LogP contribution in [0.4, 0.5) is 26.2 Å². The SMILES string of the molecule is O=C(Nc1ccc(N2CCN(C(=O)C3CCCCC3)CC2)cc1)Nc1ccccc1F. The van der Waals surface area contributed by atoms with Gasteiger partial charge in [0, 0.05) is 43.5 Å². The molecular formula is C24H29FN4O2. The van der Waals surface area contributed by atoms with Crippen LogP contribution in [-0.2, 0) is 4.79 Å². The van der Waals surface area contributed by atoms with Gasteiger partial charge in [-0.05, 0) is 49.2 Å². The van der Waals surface area contributed by atoms with Gasteiger partial charge in [-0.2, -0.15) is 0 Å². The van der Waals surface area contributed by atoms with Crippen LogP contribution in [0.5, 0.6) is 0 Å². The standard InChI is InChI=1S/C24H29FN4O2/c25-21-8-4-5-9-22(21)27-24(31)26-19-10-12-20(13-11-19)28-14-16-29(17-15-28)23(30)18-6-2-1-3-7-18/h4-5,8-13,18H,1-3,6-7,14-17H2,(H2,26,27,31). The Labute approximate surface area is 182 Å². The third-order valence-corrected chi connectivity index (χ3v) is 6.16. The summed E-state index contributed by atoms with van der Waals surface area (Å²) in [5.41, 5.74) is 1.82. The van der Waals surface area contributed by atoms with Gasteiger partial charge >= 0.3 is 6.03 Å². The van der Waals surface area contributed by atoms with E-state index in [4.69, 9.17) is 0 Å². The monoisotopic (exact) mass is 424 g/mol. The first-order valence-corrected chi connectivity index (χ1v) is 11.1. The average molecular weight is 425 g/mol. The van der Waals surface area contributed by atoms with Crippen LogP contribution in [0.15, 0.2) is 48.5 Å². The van der Waals surface area contributed by atoms with E-state index in [1.165, 1.54) is 31.4 Å². The topological polar surface area (TPSA) is 64.7 Å². The van der Waals surface area contributed by atoms with Crippen LogP contribution in [-0.4, -0.2) is 43.0 Å². The lowest BCUT2D eigenvalue weighted by Gasteiger charge is -2.38. The summed E-state index contributed by atoms with van der Waals surface area (Å²) in [4.78, 5) is 29.1. The minimum absolute atomic E-state index is 0.136. The number of amides is 3. The highest BCUT2D eigenvalue weighted by Gasteiger charge is 2.28. The Morgan fingerprint density at radius 2 is 1.52 bits per heavy atom. The largest absolute Gasteiger partial charge is 0.368 e. The van der Waals surface area contributed by atoms with Gasteiger partial charge in [-0.3, -0.25) is 4.79 Å². The Bertz CT molecular complexity index is 904. The number of rotatable bonds is 4. The van der Waals surface area contributed by atoms with Crippen LogP contribution in [0.1, 0.15) is 32.1 Å². The van der Waals surface area contributed by atoms with E-state index >= 15 is 0 Å². The van der Waals surface area contributed by atoms with Gasteiger partial charge in [0.1, 0.15) is 5.82 Å². The second-order valence-corrected chi connectivity index (χ2v) is 8.25. The fraction of sp³-hybridized carbons (Fsp3) is 0.417. The highest BCUT2D eigenvalue weighted by molar-refractivity contribution is 5.99. The molecule has 2 aromatic rings. The summed E-state index contributed by atoms with van der Waals surface area (Å²) in [5.74, 6) is 0.0787. The number of hydrogen-bond acceptors (Lipinski definition) is 3. The number of benzene rings is 2. The molecule has 2 aromatic carbocycles. The van der Waals surface area contributed by atoms with Crippen molar-refractivity contribution in [3.8, 4) is 0 Å². The minimum Gasteiger partial charge on any atom is -0.368 e.